The van der Waals surface area contributed by atoms with Crippen molar-refractivity contribution in [2.24, 2.45) is 0 Å². The predicted molar refractivity (Wildman–Crippen MR) is 127 cm³/mol. The summed E-state index contributed by atoms with van der Waals surface area (Å²) >= 11 is 0. The van der Waals surface area contributed by atoms with Crippen LogP contribution in [-0.2, 0) is 16.1 Å². The molecule has 2 amide bonds. The number of benzene rings is 2. The van der Waals surface area contributed by atoms with E-state index in [4.69, 9.17) is 14.2 Å². The number of carbonyl (C=O) groups is 2. The molecule has 1 aliphatic rings. The van der Waals surface area contributed by atoms with E-state index in [-0.39, 0.29) is 31.0 Å². The molecule has 7 nitrogen and oxygen atoms in total. The minimum atomic E-state index is -0.634. The lowest BCUT2D eigenvalue weighted by Crippen LogP contribution is -2.51. The van der Waals surface area contributed by atoms with Crippen molar-refractivity contribution in [1.82, 2.24) is 10.2 Å². The SMILES string of the molecule is COc1ccc(OCC(=O)N(Cc2cccc(OC)c2)[C@@H](C)C(=O)NC2CCCCC2)cc1. The molecule has 33 heavy (non-hydrogen) atoms. The van der Waals surface area contributed by atoms with Crippen molar-refractivity contribution in [2.45, 2.75) is 57.7 Å². The van der Waals surface area contributed by atoms with Crippen LogP contribution in [0.5, 0.6) is 17.2 Å². The third-order valence-corrected chi connectivity index (χ3v) is 6.03. The van der Waals surface area contributed by atoms with Crippen LogP contribution >= 0.6 is 0 Å². The Balaban J connectivity index is 1.70. The molecule has 1 atom stereocenters. The van der Waals surface area contributed by atoms with E-state index in [1.165, 1.54) is 6.42 Å². The number of nitrogens with zero attached hydrogens (tertiary/aromatic N) is 1. The fourth-order valence-electron chi connectivity index (χ4n) is 4.02. The second-order valence-corrected chi connectivity index (χ2v) is 8.36. The van der Waals surface area contributed by atoms with Crippen molar-refractivity contribution in [3.8, 4) is 17.2 Å². The van der Waals surface area contributed by atoms with Gasteiger partial charge in [-0.2, -0.15) is 0 Å². The Morgan fingerprint density at radius 1 is 0.970 bits per heavy atom. The first-order valence-electron chi connectivity index (χ1n) is 11.5. The van der Waals surface area contributed by atoms with Crippen molar-refractivity contribution in [3.63, 3.8) is 0 Å². The van der Waals surface area contributed by atoms with E-state index >= 15 is 0 Å². The van der Waals surface area contributed by atoms with Crippen LogP contribution in [0.25, 0.3) is 0 Å². The van der Waals surface area contributed by atoms with Gasteiger partial charge in [0.15, 0.2) is 6.61 Å². The Morgan fingerprint density at radius 2 is 1.64 bits per heavy atom. The molecule has 2 aromatic carbocycles. The summed E-state index contributed by atoms with van der Waals surface area (Å²) in [5, 5.41) is 3.14. The lowest BCUT2D eigenvalue weighted by molar-refractivity contribution is -0.142. The molecule has 0 spiro atoms. The molecule has 1 saturated carbocycles. The first kappa shape index (κ1) is 24.4. The Morgan fingerprint density at radius 3 is 2.30 bits per heavy atom. The lowest BCUT2D eigenvalue weighted by atomic mass is 9.95. The summed E-state index contributed by atoms with van der Waals surface area (Å²) in [6, 6.07) is 14.1. The van der Waals surface area contributed by atoms with Gasteiger partial charge in [0.25, 0.3) is 5.91 Å². The van der Waals surface area contributed by atoms with Gasteiger partial charge in [0.05, 0.1) is 14.2 Å². The predicted octanol–water partition coefficient (Wildman–Crippen LogP) is 3.95. The molecular formula is C26H34N2O5. The van der Waals surface area contributed by atoms with Gasteiger partial charge >= 0.3 is 0 Å². The van der Waals surface area contributed by atoms with Crippen LogP contribution in [0.3, 0.4) is 0 Å². The van der Waals surface area contributed by atoms with Gasteiger partial charge in [-0.3, -0.25) is 9.59 Å². The average Bonchev–Trinajstić information content (AvgIpc) is 2.86. The van der Waals surface area contributed by atoms with E-state index in [9.17, 15) is 9.59 Å². The fourth-order valence-corrected chi connectivity index (χ4v) is 4.02. The quantitative estimate of drug-likeness (QED) is 0.588. The van der Waals surface area contributed by atoms with Crippen molar-refractivity contribution >= 4 is 11.8 Å². The summed E-state index contributed by atoms with van der Waals surface area (Å²) in [6.45, 7) is 1.88. The molecule has 7 heteroatoms. The zero-order valence-corrected chi connectivity index (χ0v) is 19.7. The lowest BCUT2D eigenvalue weighted by Gasteiger charge is -2.31. The standard InChI is InChI=1S/C26H34N2O5/c1-19(26(30)27-21-9-5-4-6-10-21)28(17-20-8-7-11-24(16-20)32-3)25(29)18-33-23-14-12-22(31-2)13-15-23/h7-8,11-16,19,21H,4-6,9-10,17-18H2,1-3H3,(H,27,30)/t19-/m0/s1. The van der Waals surface area contributed by atoms with Crippen LogP contribution < -0.4 is 19.5 Å². The van der Waals surface area contributed by atoms with E-state index < -0.39 is 6.04 Å². The highest BCUT2D eigenvalue weighted by Crippen LogP contribution is 2.20. The molecule has 1 N–H and O–H groups in total. The first-order chi connectivity index (χ1) is 16.0. The minimum absolute atomic E-state index is 0.136. The normalized spacial score (nSPS) is 14.8. The smallest absolute Gasteiger partial charge is 0.261 e. The highest BCUT2D eigenvalue weighted by Gasteiger charge is 2.28. The van der Waals surface area contributed by atoms with E-state index in [2.05, 4.69) is 5.32 Å². The van der Waals surface area contributed by atoms with Crippen LogP contribution in [-0.4, -0.2) is 49.6 Å². The van der Waals surface area contributed by atoms with E-state index in [1.807, 2.05) is 24.3 Å². The van der Waals surface area contributed by atoms with Crippen molar-refractivity contribution in [1.29, 1.82) is 0 Å². The summed E-state index contributed by atoms with van der Waals surface area (Å²) in [5.41, 5.74) is 0.879. The molecule has 1 fully saturated rings. The van der Waals surface area contributed by atoms with Gasteiger partial charge in [0, 0.05) is 12.6 Å². The highest BCUT2D eigenvalue weighted by molar-refractivity contribution is 5.88. The molecule has 0 aromatic heterocycles. The number of hydrogen-bond donors (Lipinski definition) is 1. The maximum atomic E-state index is 13.2. The second-order valence-electron chi connectivity index (χ2n) is 8.36. The Labute approximate surface area is 196 Å². The van der Waals surface area contributed by atoms with E-state index in [0.29, 0.717) is 17.2 Å². The van der Waals surface area contributed by atoms with Crippen LogP contribution in [0.15, 0.2) is 48.5 Å². The van der Waals surface area contributed by atoms with Gasteiger partial charge in [-0.05, 0) is 61.7 Å². The first-order valence-corrected chi connectivity index (χ1v) is 11.5. The molecule has 0 bridgehead atoms. The van der Waals surface area contributed by atoms with Gasteiger partial charge in [0.1, 0.15) is 23.3 Å². The zero-order chi connectivity index (χ0) is 23.6. The Bertz CT molecular complexity index is 909. The monoisotopic (exact) mass is 454 g/mol. The van der Waals surface area contributed by atoms with Gasteiger partial charge in [-0.1, -0.05) is 31.4 Å². The molecule has 2 aromatic rings. The maximum absolute atomic E-state index is 13.2. The summed E-state index contributed by atoms with van der Waals surface area (Å²) in [6.07, 6.45) is 5.44. The number of amides is 2. The van der Waals surface area contributed by atoms with E-state index in [0.717, 1.165) is 31.2 Å². The van der Waals surface area contributed by atoms with Crippen LogP contribution in [0.1, 0.15) is 44.6 Å². The van der Waals surface area contributed by atoms with Crippen molar-refractivity contribution < 1.29 is 23.8 Å². The number of nitrogens with one attached hydrogen (secondary N) is 1. The molecule has 1 aliphatic carbocycles. The highest BCUT2D eigenvalue weighted by atomic mass is 16.5. The molecule has 178 valence electrons. The third-order valence-electron chi connectivity index (χ3n) is 6.03. The third kappa shape index (κ3) is 7.14. The molecule has 0 saturated heterocycles. The van der Waals surface area contributed by atoms with E-state index in [1.54, 1.807) is 50.3 Å². The number of methoxy groups -OCH3 is 2. The zero-order valence-electron chi connectivity index (χ0n) is 19.7. The molecule has 0 radical (unpaired) electrons. The Kier molecular flexibility index (Phi) is 8.98. The largest absolute Gasteiger partial charge is 0.497 e. The maximum Gasteiger partial charge on any atom is 0.261 e. The van der Waals surface area contributed by atoms with Crippen LogP contribution in [0.2, 0.25) is 0 Å². The van der Waals surface area contributed by atoms with Gasteiger partial charge in [0.2, 0.25) is 5.91 Å². The molecule has 0 unspecified atom stereocenters. The van der Waals surface area contributed by atoms with Gasteiger partial charge < -0.3 is 24.4 Å². The van der Waals surface area contributed by atoms with Crippen molar-refractivity contribution in [2.75, 3.05) is 20.8 Å². The average molecular weight is 455 g/mol. The van der Waals surface area contributed by atoms with Crippen molar-refractivity contribution in [3.05, 3.63) is 54.1 Å². The Hall–Kier alpha value is -3.22. The second kappa shape index (κ2) is 12.1. The summed E-state index contributed by atoms with van der Waals surface area (Å²) in [4.78, 5) is 27.8. The summed E-state index contributed by atoms with van der Waals surface area (Å²) < 4.78 is 16.2. The van der Waals surface area contributed by atoms with Gasteiger partial charge in [-0.15, -0.1) is 0 Å². The molecular weight excluding hydrogens is 420 g/mol. The molecule has 0 heterocycles. The number of carbonyl (C=O) groups excluding carboxylic acids is 2. The fraction of sp³-hybridized carbons (Fsp3) is 0.462. The number of hydrogen-bond acceptors (Lipinski definition) is 5. The summed E-state index contributed by atoms with van der Waals surface area (Å²) in [5.74, 6) is 1.57. The van der Waals surface area contributed by atoms with Crippen LogP contribution in [0.4, 0.5) is 0 Å². The van der Waals surface area contributed by atoms with Gasteiger partial charge in [-0.25, -0.2) is 0 Å². The minimum Gasteiger partial charge on any atom is -0.497 e. The number of ether oxygens (including phenoxy) is 3. The molecule has 3 rings (SSSR count). The van der Waals surface area contributed by atoms with Crippen LogP contribution in [0, 0.1) is 0 Å². The molecule has 0 aliphatic heterocycles. The number of rotatable bonds is 10. The summed E-state index contributed by atoms with van der Waals surface area (Å²) in [7, 11) is 3.20. The topological polar surface area (TPSA) is 77.1 Å².